The summed E-state index contributed by atoms with van der Waals surface area (Å²) >= 11 is 0. The number of hydrogen-bond acceptors (Lipinski definition) is 5. The Hall–Kier alpha value is -3.24. The van der Waals surface area contributed by atoms with Crippen molar-refractivity contribution in [3.63, 3.8) is 0 Å². The van der Waals surface area contributed by atoms with Gasteiger partial charge in [-0.05, 0) is 48.5 Å². The number of carbonyl (C=O) groups is 1. The van der Waals surface area contributed by atoms with Crippen molar-refractivity contribution in [2.45, 2.75) is 9.79 Å². The molecule has 0 atom stereocenters. The largest absolute Gasteiger partial charge is 0.322 e. The highest BCUT2D eigenvalue weighted by Crippen LogP contribution is 2.40. The number of rotatable bonds is 3. The number of halogens is 1. The van der Waals surface area contributed by atoms with Crippen LogP contribution in [0.1, 0.15) is 10.4 Å². The van der Waals surface area contributed by atoms with E-state index in [0.717, 1.165) is 6.07 Å². The van der Waals surface area contributed by atoms with Gasteiger partial charge in [-0.3, -0.25) is 4.79 Å². The van der Waals surface area contributed by atoms with Gasteiger partial charge in [-0.25, -0.2) is 4.39 Å². The Morgan fingerprint density at radius 1 is 0.793 bits per heavy atom. The molecule has 4 rings (SSSR count). The van der Waals surface area contributed by atoms with E-state index in [1.54, 1.807) is 0 Å². The Labute approximate surface area is 166 Å². The first kappa shape index (κ1) is 19.1. The summed E-state index contributed by atoms with van der Waals surface area (Å²) in [5, 5.41) is 2.50. The van der Waals surface area contributed by atoms with Crippen LogP contribution in [0.25, 0.3) is 0 Å². The van der Waals surface area contributed by atoms with Crippen LogP contribution in [0.2, 0.25) is 0 Å². The normalized spacial score (nSPS) is 16.2. The van der Waals surface area contributed by atoms with Crippen molar-refractivity contribution in [3.05, 3.63) is 84.2 Å². The highest BCUT2D eigenvalue weighted by atomic mass is 32.3. The molecule has 1 aliphatic heterocycles. The van der Waals surface area contributed by atoms with Crippen LogP contribution in [0.4, 0.5) is 15.8 Å². The molecule has 1 N–H and O–H groups in total. The van der Waals surface area contributed by atoms with Crippen LogP contribution in [0.3, 0.4) is 0 Å². The predicted octanol–water partition coefficient (Wildman–Crippen LogP) is 2.98. The van der Waals surface area contributed by atoms with Gasteiger partial charge < -0.3 is 5.32 Å². The number of carbonyl (C=O) groups excluding carboxylic acids is 1. The number of nitrogens with one attached hydrogen (secondary N) is 1. The predicted molar refractivity (Wildman–Crippen MR) is 104 cm³/mol. The molecule has 0 radical (unpaired) electrons. The second-order valence-electron chi connectivity index (χ2n) is 6.17. The summed E-state index contributed by atoms with van der Waals surface area (Å²) in [6.07, 6.45) is 0. The van der Waals surface area contributed by atoms with Crippen LogP contribution >= 0.6 is 0 Å². The summed E-state index contributed by atoms with van der Waals surface area (Å²) in [6.45, 7) is 0. The molecule has 7 nitrogen and oxygen atoms in total. The summed E-state index contributed by atoms with van der Waals surface area (Å²) < 4.78 is 64.9. The lowest BCUT2D eigenvalue weighted by molar-refractivity contribution is 0.102. The van der Waals surface area contributed by atoms with Crippen molar-refractivity contribution in [3.8, 4) is 0 Å². The molecule has 29 heavy (non-hydrogen) atoms. The van der Waals surface area contributed by atoms with Crippen LogP contribution in [-0.2, 0) is 20.0 Å². The number of hydrogen-bond donors (Lipinski definition) is 1. The minimum Gasteiger partial charge on any atom is -0.322 e. The third kappa shape index (κ3) is 3.15. The highest BCUT2D eigenvalue weighted by molar-refractivity contribution is 8.12. The van der Waals surface area contributed by atoms with Gasteiger partial charge >= 0.3 is 0 Å². The minimum atomic E-state index is -4.33. The van der Waals surface area contributed by atoms with Gasteiger partial charge in [-0.2, -0.15) is 20.5 Å². The van der Waals surface area contributed by atoms with E-state index in [0.29, 0.717) is 3.71 Å². The smallest absolute Gasteiger partial charge is 0.279 e. The SMILES string of the molecule is O=C(Nc1cccc(N2S(=O)(=O)c3ccccc3S2(=O)=O)c1)c1cccc(F)c1. The molecule has 3 aromatic rings. The van der Waals surface area contributed by atoms with Crippen LogP contribution in [0.5, 0.6) is 0 Å². The second kappa shape index (κ2) is 6.68. The summed E-state index contributed by atoms with van der Waals surface area (Å²) in [5.74, 6) is -1.21. The Balaban J connectivity index is 1.72. The van der Waals surface area contributed by atoms with Gasteiger partial charge in [-0.15, -0.1) is 0 Å². The van der Waals surface area contributed by atoms with E-state index < -0.39 is 31.8 Å². The molecule has 1 amide bonds. The number of benzene rings is 3. The maximum atomic E-state index is 13.3. The molecule has 148 valence electrons. The maximum absolute atomic E-state index is 13.3. The van der Waals surface area contributed by atoms with Gasteiger partial charge in [0.25, 0.3) is 26.0 Å². The van der Waals surface area contributed by atoms with Crippen molar-refractivity contribution < 1.29 is 26.0 Å². The van der Waals surface area contributed by atoms with Crippen molar-refractivity contribution in [2.24, 2.45) is 0 Å². The third-order valence-electron chi connectivity index (χ3n) is 4.24. The molecular formula is C19H13FN2O5S2. The molecule has 0 fully saturated rings. The van der Waals surface area contributed by atoms with E-state index in [1.807, 2.05) is 0 Å². The van der Waals surface area contributed by atoms with E-state index in [9.17, 15) is 26.0 Å². The van der Waals surface area contributed by atoms with E-state index in [2.05, 4.69) is 5.32 Å². The molecule has 3 aromatic carbocycles. The number of anilines is 2. The Kier molecular flexibility index (Phi) is 4.39. The number of amides is 1. The molecule has 0 aromatic heterocycles. The zero-order chi connectivity index (χ0) is 20.8. The molecule has 1 heterocycles. The first-order valence-corrected chi connectivity index (χ1v) is 11.2. The van der Waals surface area contributed by atoms with Crippen LogP contribution < -0.4 is 9.03 Å². The average molecular weight is 432 g/mol. The highest BCUT2D eigenvalue weighted by Gasteiger charge is 2.47. The van der Waals surface area contributed by atoms with Gasteiger partial charge in [0.2, 0.25) is 0 Å². The molecule has 0 bridgehead atoms. The molecule has 10 heteroatoms. The fourth-order valence-electron chi connectivity index (χ4n) is 2.99. The number of fused-ring (bicyclic) bond motifs is 1. The molecule has 0 unspecified atom stereocenters. The van der Waals surface area contributed by atoms with E-state index >= 15 is 0 Å². The zero-order valence-corrected chi connectivity index (χ0v) is 16.2. The molecule has 0 saturated carbocycles. The summed E-state index contributed by atoms with van der Waals surface area (Å²) in [7, 11) is -8.65. The lowest BCUT2D eigenvalue weighted by Gasteiger charge is -2.17. The molecule has 0 spiro atoms. The average Bonchev–Trinajstić information content (AvgIpc) is 2.84. The van der Waals surface area contributed by atoms with E-state index in [4.69, 9.17) is 0 Å². The van der Waals surface area contributed by atoms with Gasteiger partial charge in [-0.1, -0.05) is 24.3 Å². The van der Waals surface area contributed by atoms with Crippen molar-refractivity contribution >= 4 is 37.3 Å². The third-order valence-corrected chi connectivity index (χ3v) is 8.67. The van der Waals surface area contributed by atoms with Crippen molar-refractivity contribution in [2.75, 3.05) is 9.03 Å². The Morgan fingerprint density at radius 2 is 1.41 bits per heavy atom. The van der Waals surface area contributed by atoms with Gasteiger partial charge in [0.15, 0.2) is 0 Å². The quantitative estimate of drug-likeness (QED) is 0.686. The monoisotopic (exact) mass is 432 g/mol. The number of nitrogens with zero attached hydrogens (tertiary/aromatic N) is 1. The van der Waals surface area contributed by atoms with E-state index in [-0.39, 0.29) is 26.7 Å². The summed E-state index contributed by atoms with van der Waals surface area (Å²) in [5.41, 5.74) is 0.0561. The van der Waals surface area contributed by atoms with Gasteiger partial charge in [0.1, 0.15) is 15.6 Å². The topological polar surface area (TPSA) is 101 Å². The first-order valence-electron chi connectivity index (χ1n) is 8.28. The van der Waals surface area contributed by atoms with Gasteiger partial charge in [0, 0.05) is 11.3 Å². The first-order chi connectivity index (χ1) is 13.7. The van der Waals surface area contributed by atoms with Crippen molar-refractivity contribution in [1.29, 1.82) is 0 Å². The molecule has 0 saturated heterocycles. The van der Waals surface area contributed by atoms with Crippen molar-refractivity contribution in [1.82, 2.24) is 0 Å². The molecule has 1 aliphatic rings. The minimum absolute atomic E-state index is 0.0595. The van der Waals surface area contributed by atoms with Crippen LogP contribution in [0, 0.1) is 5.82 Å². The van der Waals surface area contributed by atoms with Crippen LogP contribution in [-0.4, -0.2) is 22.7 Å². The maximum Gasteiger partial charge on any atom is 0.279 e. The fraction of sp³-hybridized carbons (Fsp3) is 0. The molecular weight excluding hydrogens is 419 g/mol. The second-order valence-corrected chi connectivity index (χ2v) is 9.91. The zero-order valence-electron chi connectivity index (χ0n) is 14.6. The fourth-order valence-corrected chi connectivity index (χ4v) is 7.42. The summed E-state index contributed by atoms with van der Waals surface area (Å²) in [4.78, 5) is 11.7. The Bertz CT molecular complexity index is 1300. The van der Waals surface area contributed by atoms with E-state index in [1.165, 1.54) is 66.7 Å². The Morgan fingerprint density at radius 3 is 2.03 bits per heavy atom. The molecule has 0 aliphatic carbocycles. The lowest BCUT2D eigenvalue weighted by atomic mass is 10.2. The lowest BCUT2D eigenvalue weighted by Crippen LogP contribution is -2.30. The number of sulfonamides is 2. The standard InChI is InChI=1S/C19H13FN2O5S2/c20-14-6-3-5-13(11-14)19(23)21-15-7-4-8-16(12-15)22-28(24,25)17-9-1-2-10-18(17)29(22,26)27/h1-12H,(H,21,23). The summed E-state index contributed by atoms with van der Waals surface area (Å²) in [6, 6.07) is 15.7. The van der Waals surface area contributed by atoms with Gasteiger partial charge in [0.05, 0.1) is 5.69 Å². The van der Waals surface area contributed by atoms with Crippen LogP contribution in [0.15, 0.2) is 82.6 Å².